The first-order valence-corrected chi connectivity index (χ1v) is 9.45. The normalized spacial score (nSPS) is 34.4. The summed E-state index contributed by atoms with van der Waals surface area (Å²) in [5, 5.41) is 10.1. The van der Waals surface area contributed by atoms with Gasteiger partial charge in [0.2, 0.25) is 0 Å². The lowest BCUT2D eigenvalue weighted by Crippen LogP contribution is -2.48. The molecule has 4 atom stereocenters. The number of nitrogens with zero attached hydrogens (tertiary/aromatic N) is 2. The van der Waals surface area contributed by atoms with Crippen LogP contribution in [0.4, 0.5) is 0 Å². The molecule has 128 valence electrons. The molecule has 3 fully saturated rings. The van der Waals surface area contributed by atoms with Crippen molar-refractivity contribution < 1.29 is 9.84 Å². The van der Waals surface area contributed by atoms with Gasteiger partial charge in [-0.3, -0.25) is 4.90 Å². The van der Waals surface area contributed by atoms with Crippen LogP contribution >= 0.6 is 0 Å². The number of aliphatic hydroxyl groups is 1. The number of fused-ring (bicyclic) bond motifs is 2. The first-order chi connectivity index (χ1) is 10.7. The summed E-state index contributed by atoms with van der Waals surface area (Å²) in [6, 6.07) is 0. The van der Waals surface area contributed by atoms with Crippen LogP contribution in [-0.4, -0.2) is 73.5 Å². The molecule has 4 heteroatoms. The molecule has 1 aliphatic heterocycles. The van der Waals surface area contributed by atoms with Crippen LogP contribution in [-0.2, 0) is 4.74 Å². The third-order valence-corrected chi connectivity index (χ3v) is 6.21. The predicted octanol–water partition coefficient (Wildman–Crippen LogP) is 1.83. The molecule has 0 amide bonds. The molecule has 0 aromatic rings. The number of ether oxygens (including phenoxy) is 1. The summed E-state index contributed by atoms with van der Waals surface area (Å²) < 4.78 is 5.76. The van der Waals surface area contributed by atoms with Crippen molar-refractivity contribution in [2.24, 2.45) is 17.8 Å². The Morgan fingerprint density at radius 2 is 1.86 bits per heavy atom. The molecule has 1 heterocycles. The maximum atomic E-state index is 10.1. The van der Waals surface area contributed by atoms with Crippen LogP contribution in [0.1, 0.15) is 39.0 Å². The molecule has 1 saturated heterocycles. The Hall–Kier alpha value is -0.160. The van der Waals surface area contributed by atoms with Gasteiger partial charge >= 0.3 is 0 Å². The van der Waals surface area contributed by atoms with E-state index in [2.05, 4.69) is 16.7 Å². The molecule has 0 aromatic carbocycles. The number of rotatable bonds is 8. The molecule has 3 aliphatic rings. The van der Waals surface area contributed by atoms with E-state index in [4.69, 9.17) is 4.74 Å². The Labute approximate surface area is 135 Å². The van der Waals surface area contributed by atoms with Crippen LogP contribution in [0.15, 0.2) is 0 Å². The fraction of sp³-hybridized carbons (Fsp3) is 1.00. The summed E-state index contributed by atoms with van der Waals surface area (Å²) >= 11 is 0. The second-order valence-corrected chi connectivity index (χ2v) is 7.69. The highest BCUT2D eigenvalue weighted by molar-refractivity contribution is 4.89. The van der Waals surface area contributed by atoms with E-state index in [1.807, 2.05) is 0 Å². The first-order valence-electron chi connectivity index (χ1n) is 9.45. The minimum absolute atomic E-state index is 0.326. The lowest BCUT2D eigenvalue weighted by molar-refractivity contribution is 0.00276. The second-order valence-electron chi connectivity index (χ2n) is 7.69. The molecule has 0 unspecified atom stereocenters. The Kier molecular flexibility index (Phi) is 6.14. The van der Waals surface area contributed by atoms with Crippen molar-refractivity contribution in [1.29, 1.82) is 0 Å². The molecule has 4 nitrogen and oxygen atoms in total. The summed E-state index contributed by atoms with van der Waals surface area (Å²) in [6.45, 7) is 9.90. The van der Waals surface area contributed by atoms with Gasteiger partial charge in [0.15, 0.2) is 0 Å². The number of piperazine rings is 1. The largest absolute Gasteiger partial charge is 0.389 e. The summed E-state index contributed by atoms with van der Waals surface area (Å²) in [6.07, 6.45) is 6.75. The van der Waals surface area contributed by atoms with Gasteiger partial charge < -0.3 is 14.7 Å². The molecule has 3 rings (SSSR count). The molecule has 2 aliphatic carbocycles. The van der Waals surface area contributed by atoms with Gasteiger partial charge in [0, 0.05) is 39.3 Å². The Bertz CT molecular complexity index is 331. The zero-order chi connectivity index (χ0) is 15.4. The Balaban J connectivity index is 1.23. The van der Waals surface area contributed by atoms with Crippen LogP contribution in [0.25, 0.3) is 0 Å². The number of hydrogen-bond donors (Lipinski definition) is 1. The number of hydrogen-bond acceptors (Lipinski definition) is 4. The van der Waals surface area contributed by atoms with Gasteiger partial charge in [-0.05, 0) is 50.0 Å². The maximum Gasteiger partial charge on any atom is 0.0900 e. The zero-order valence-electron chi connectivity index (χ0n) is 14.3. The molecular weight excluding hydrogens is 276 g/mol. The lowest BCUT2D eigenvalue weighted by Gasteiger charge is -2.34. The van der Waals surface area contributed by atoms with Gasteiger partial charge in [-0.25, -0.2) is 0 Å². The minimum atomic E-state index is -0.326. The average Bonchev–Trinajstić information content (AvgIpc) is 3.15. The molecule has 22 heavy (non-hydrogen) atoms. The molecule has 1 N–H and O–H groups in total. The van der Waals surface area contributed by atoms with Gasteiger partial charge in [0.1, 0.15) is 0 Å². The number of β-amino-alcohol motifs (C(OH)–C–C–N with tert-alkyl or cyclic N) is 1. The monoisotopic (exact) mass is 310 g/mol. The number of likely N-dealkylation sites (N-methyl/N-ethyl adjacent to an activating group) is 1. The van der Waals surface area contributed by atoms with Gasteiger partial charge in [-0.15, -0.1) is 0 Å². The lowest BCUT2D eigenvalue weighted by atomic mass is 9.87. The fourth-order valence-corrected chi connectivity index (χ4v) is 4.82. The van der Waals surface area contributed by atoms with Crippen molar-refractivity contribution in [1.82, 2.24) is 9.80 Å². The van der Waals surface area contributed by atoms with Crippen molar-refractivity contribution in [2.45, 2.75) is 45.1 Å². The van der Waals surface area contributed by atoms with E-state index in [9.17, 15) is 5.11 Å². The fourth-order valence-electron chi connectivity index (χ4n) is 4.82. The SMILES string of the molecule is CCN1CCN(C[C@H](O)COCC[C@@H]2C[C@@H]3CC[C@@H]2C3)CC1. The van der Waals surface area contributed by atoms with Crippen molar-refractivity contribution in [3.05, 3.63) is 0 Å². The maximum absolute atomic E-state index is 10.1. The quantitative estimate of drug-likeness (QED) is 0.694. The van der Waals surface area contributed by atoms with Crippen LogP contribution in [0.5, 0.6) is 0 Å². The molecular formula is C18H34N2O2. The van der Waals surface area contributed by atoms with Crippen LogP contribution in [0.2, 0.25) is 0 Å². The van der Waals surface area contributed by atoms with Gasteiger partial charge in [-0.1, -0.05) is 13.3 Å². The van der Waals surface area contributed by atoms with Crippen molar-refractivity contribution in [3.8, 4) is 0 Å². The van der Waals surface area contributed by atoms with E-state index in [0.717, 1.165) is 63.6 Å². The number of aliphatic hydroxyl groups excluding tert-OH is 1. The first kappa shape index (κ1) is 16.7. The van der Waals surface area contributed by atoms with E-state index in [1.165, 1.54) is 32.1 Å². The zero-order valence-corrected chi connectivity index (χ0v) is 14.3. The van der Waals surface area contributed by atoms with Gasteiger partial charge in [-0.2, -0.15) is 0 Å². The summed E-state index contributed by atoms with van der Waals surface area (Å²) in [4.78, 5) is 4.84. The minimum Gasteiger partial charge on any atom is -0.389 e. The third-order valence-electron chi connectivity index (χ3n) is 6.21. The molecule has 0 radical (unpaired) electrons. The van der Waals surface area contributed by atoms with E-state index in [1.54, 1.807) is 0 Å². The predicted molar refractivity (Wildman–Crippen MR) is 88.9 cm³/mol. The van der Waals surface area contributed by atoms with Crippen LogP contribution < -0.4 is 0 Å². The molecule has 0 aromatic heterocycles. The highest BCUT2D eigenvalue weighted by Crippen LogP contribution is 2.49. The Morgan fingerprint density at radius 1 is 1.09 bits per heavy atom. The summed E-state index contributed by atoms with van der Waals surface area (Å²) in [5.74, 6) is 2.94. The van der Waals surface area contributed by atoms with Gasteiger partial charge in [0.25, 0.3) is 0 Å². The van der Waals surface area contributed by atoms with E-state index >= 15 is 0 Å². The van der Waals surface area contributed by atoms with E-state index < -0.39 is 0 Å². The smallest absolute Gasteiger partial charge is 0.0900 e. The highest BCUT2D eigenvalue weighted by atomic mass is 16.5. The topological polar surface area (TPSA) is 35.9 Å². The standard InChI is InChI=1S/C18H34N2O2/c1-2-19-6-8-20(9-7-19)13-18(21)14-22-10-5-17-12-15-3-4-16(17)11-15/h15-18,21H,2-14H2,1H3/t15-,16-,17-,18+/m1/s1. The van der Waals surface area contributed by atoms with Crippen LogP contribution in [0.3, 0.4) is 0 Å². The van der Waals surface area contributed by atoms with Crippen molar-refractivity contribution in [2.75, 3.05) is 52.5 Å². The second kappa shape index (κ2) is 8.09. The average molecular weight is 310 g/mol. The molecule has 2 bridgehead atoms. The third kappa shape index (κ3) is 4.44. The van der Waals surface area contributed by atoms with Crippen molar-refractivity contribution in [3.63, 3.8) is 0 Å². The Morgan fingerprint density at radius 3 is 2.50 bits per heavy atom. The highest BCUT2D eigenvalue weighted by Gasteiger charge is 2.38. The van der Waals surface area contributed by atoms with E-state index in [0.29, 0.717) is 6.61 Å². The van der Waals surface area contributed by atoms with Crippen molar-refractivity contribution >= 4 is 0 Å². The van der Waals surface area contributed by atoms with Gasteiger partial charge in [0.05, 0.1) is 12.7 Å². The van der Waals surface area contributed by atoms with Crippen LogP contribution in [0, 0.1) is 17.8 Å². The molecule has 0 spiro atoms. The summed E-state index contributed by atoms with van der Waals surface area (Å²) in [7, 11) is 0. The molecule has 2 saturated carbocycles. The van der Waals surface area contributed by atoms with E-state index in [-0.39, 0.29) is 6.10 Å². The summed E-state index contributed by atoms with van der Waals surface area (Å²) in [5.41, 5.74) is 0.